The summed E-state index contributed by atoms with van der Waals surface area (Å²) in [5.74, 6) is 6.15. The van der Waals surface area contributed by atoms with Crippen LogP contribution in [0, 0.1) is 17.8 Å². The van der Waals surface area contributed by atoms with Crippen LogP contribution in [-0.2, 0) is 0 Å². The van der Waals surface area contributed by atoms with Crippen molar-refractivity contribution in [3.05, 3.63) is 29.6 Å². The monoisotopic (exact) mass is 274 g/mol. The molecule has 1 aromatic heterocycles. The molecule has 20 heavy (non-hydrogen) atoms. The zero-order valence-corrected chi connectivity index (χ0v) is 12.4. The lowest BCUT2D eigenvalue weighted by Gasteiger charge is -2.23. The first-order valence-corrected chi connectivity index (χ1v) is 6.93. The van der Waals surface area contributed by atoms with Crippen LogP contribution >= 0.6 is 0 Å². The Morgan fingerprint density at radius 1 is 1.50 bits per heavy atom. The Bertz CT molecular complexity index is 501. The molecule has 4 nitrogen and oxygen atoms in total. The number of aromatic nitrogens is 1. The maximum absolute atomic E-state index is 12.5. The third-order valence-corrected chi connectivity index (χ3v) is 2.77. The van der Waals surface area contributed by atoms with Crippen LogP contribution in [0.25, 0.3) is 0 Å². The van der Waals surface area contributed by atoms with Gasteiger partial charge in [0.15, 0.2) is 0 Å². The van der Waals surface area contributed by atoms with Gasteiger partial charge in [-0.25, -0.2) is 0 Å². The molecule has 1 rings (SSSR count). The minimum absolute atomic E-state index is 0.0168. The van der Waals surface area contributed by atoms with Crippen LogP contribution in [0.4, 0.5) is 0 Å². The molecule has 0 bridgehead atoms. The molecule has 1 aromatic rings. The average molecular weight is 274 g/mol. The van der Waals surface area contributed by atoms with Crippen LogP contribution in [0.3, 0.4) is 0 Å². The van der Waals surface area contributed by atoms with Crippen LogP contribution < -0.4 is 0 Å². The molecule has 1 N–H and O–H groups in total. The number of carbonyl (C=O) groups is 1. The molecule has 0 aliphatic rings. The first-order chi connectivity index (χ1) is 9.60. The van der Waals surface area contributed by atoms with Gasteiger partial charge in [-0.15, -0.1) is 0 Å². The minimum Gasteiger partial charge on any atom is -0.395 e. The van der Waals surface area contributed by atoms with Gasteiger partial charge >= 0.3 is 0 Å². The standard InChI is InChI=1S/C16H22N2O2/c1-4-18(12-13(2)3)16(20)15-8-9-17-11-14(15)7-5-6-10-19/h8-9,11,13,19H,4,6,10,12H2,1-3H3. The molecule has 0 unspecified atom stereocenters. The van der Waals surface area contributed by atoms with Gasteiger partial charge < -0.3 is 10.0 Å². The first kappa shape index (κ1) is 16.2. The molecule has 4 heteroatoms. The second-order valence-electron chi connectivity index (χ2n) is 4.93. The van der Waals surface area contributed by atoms with Gasteiger partial charge in [-0.3, -0.25) is 9.78 Å². The maximum Gasteiger partial charge on any atom is 0.255 e. The highest BCUT2D eigenvalue weighted by Crippen LogP contribution is 2.11. The molecule has 1 amide bonds. The summed E-state index contributed by atoms with van der Waals surface area (Å²) in [4.78, 5) is 18.4. The Morgan fingerprint density at radius 3 is 2.85 bits per heavy atom. The van der Waals surface area contributed by atoms with E-state index in [0.717, 1.165) is 6.54 Å². The van der Waals surface area contributed by atoms with Gasteiger partial charge in [-0.2, -0.15) is 0 Å². The van der Waals surface area contributed by atoms with E-state index in [0.29, 0.717) is 30.0 Å². The van der Waals surface area contributed by atoms with Crippen molar-refractivity contribution in [2.45, 2.75) is 27.2 Å². The van der Waals surface area contributed by atoms with Crippen molar-refractivity contribution in [2.75, 3.05) is 19.7 Å². The predicted octanol–water partition coefficient (Wildman–Crippen LogP) is 1.93. The van der Waals surface area contributed by atoms with Crippen LogP contribution in [0.2, 0.25) is 0 Å². The third kappa shape index (κ3) is 4.67. The van der Waals surface area contributed by atoms with Gasteiger partial charge in [-0.05, 0) is 18.9 Å². The SMILES string of the molecule is CCN(CC(C)C)C(=O)c1ccncc1C#CCCO. The number of aliphatic hydroxyl groups is 1. The fourth-order valence-corrected chi connectivity index (χ4v) is 1.86. The van der Waals surface area contributed by atoms with E-state index >= 15 is 0 Å². The Morgan fingerprint density at radius 2 is 2.25 bits per heavy atom. The molecule has 1 heterocycles. The first-order valence-electron chi connectivity index (χ1n) is 6.93. The number of carbonyl (C=O) groups excluding carboxylic acids is 1. The number of aliphatic hydroxyl groups excluding tert-OH is 1. The summed E-state index contributed by atoms with van der Waals surface area (Å²) < 4.78 is 0. The highest BCUT2D eigenvalue weighted by molar-refractivity contribution is 5.96. The Labute approximate surface area is 120 Å². The number of hydrogen-bond acceptors (Lipinski definition) is 3. The van der Waals surface area contributed by atoms with Crippen molar-refractivity contribution in [3.63, 3.8) is 0 Å². The highest BCUT2D eigenvalue weighted by Gasteiger charge is 2.17. The molecule has 0 aromatic carbocycles. The van der Waals surface area contributed by atoms with Gasteiger partial charge in [0.2, 0.25) is 0 Å². The maximum atomic E-state index is 12.5. The molecular formula is C16H22N2O2. The zero-order chi connectivity index (χ0) is 15.0. The van der Waals surface area contributed by atoms with E-state index in [2.05, 4.69) is 30.7 Å². The molecule has 0 aliphatic carbocycles. The van der Waals surface area contributed by atoms with E-state index in [9.17, 15) is 4.79 Å². The van der Waals surface area contributed by atoms with Crippen LogP contribution in [0.1, 0.15) is 43.1 Å². The van der Waals surface area contributed by atoms with E-state index in [1.54, 1.807) is 18.5 Å². The molecule has 0 aliphatic heterocycles. The van der Waals surface area contributed by atoms with Gasteiger partial charge in [0, 0.05) is 31.9 Å². The van der Waals surface area contributed by atoms with E-state index in [1.165, 1.54) is 0 Å². The van der Waals surface area contributed by atoms with Crippen molar-refractivity contribution < 1.29 is 9.90 Å². The summed E-state index contributed by atoms with van der Waals surface area (Å²) in [5.41, 5.74) is 1.20. The fourth-order valence-electron chi connectivity index (χ4n) is 1.86. The smallest absolute Gasteiger partial charge is 0.255 e. The van der Waals surface area contributed by atoms with Gasteiger partial charge in [0.05, 0.1) is 17.7 Å². The molecule has 0 atom stereocenters. The summed E-state index contributed by atoms with van der Waals surface area (Å²) in [7, 11) is 0. The largest absolute Gasteiger partial charge is 0.395 e. The summed E-state index contributed by atoms with van der Waals surface area (Å²) in [6, 6.07) is 1.70. The van der Waals surface area contributed by atoms with Crippen molar-refractivity contribution in [1.29, 1.82) is 0 Å². The van der Waals surface area contributed by atoms with Gasteiger partial charge in [0.1, 0.15) is 0 Å². The Kier molecular flexibility index (Phi) is 6.75. The van der Waals surface area contributed by atoms with E-state index < -0.39 is 0 Å². The van der Waals surface area contributed by atoms with Gasteiger partial charge in [0.25, 0.3) is 5.91 Å². The lowest BCUT2D eigenvalue weighted by molar-refractivity contribution is 0.0745. The second-order valence-corrected chi connectivity index (χ2v) is 4.93. The summed E-state index contributed by atoms with van der Waals surface area (Å²) >= 11 is 0. The third-order valence-electron chi connectivity index (χ3n) is 2.77. The van der Waals surface area contributed by atoms with Crippen LogP contribution in [0.5, 0.6) is 0 Å². The van der Waals surface area contributed by atoms with E-state index in [1.807, 2.05) is 11.8 Å². The van der Waals surface area contributed by atoms with Gasteiger partial charge in [-0.1, -0.05) is 25.7 Å². The van der Waals surface area contributed by atoms with Crippen LogP contribution in [-0.4, -0.2) is 40.6 Å². The molecule has 0 fully saturated rings. The number of amides is 1. The normalized spacial score (nSPS) is 10.1. The molecule has 0 saturated carbocycles. The number of hydrogen-bond donors (Lipinski definition) is 1. The lowest BCUT2D eigenvalue weighted by Crippen LogP contribution is -2.34. The van der Waals surface area contributed by atoms with Crippen molar-refractivity contribution >= 4 is 5.91 Å². The summed E-state index contributed by atoms with van der Waals surface area (Å²) in [6.45, 7) is 7.56. The van der Waals surface area contributed by atoms with Crippen molar-refractivity contribution in [3.8, 4) is 11.8 Å². The second kappa shape index (κ2) is 8.34. The summed E-state index contributed by atoms with van der Waals surface area (Å²) in [6.07, 6.45) is 3.60. The lowest BCUT2D eigenvalue weighted by atomic mass is 10.1. The topological polar surface area (TPSA) is 53.4 Å². The predicted molar refractivity (Wildman–Crippen MR) is 79.2 cm³/mol. The Balaban J connectivity index is 3.00. The van der Waals surface area contributed by atoms with E-state index in [-0.39, 0.29) is 12.5 Å². The van der Waals surface area contributed by atoms with Crippen molar-refractivity contribution in [2.24, 2.45) is 5.92 Å². The highest BCUT2D eigenvalue weighted by atomic mass is 16.2. The van der Waals surface area contributed by atoms with Crippen LogP contribution in [0.15, 0.2) is 18.5 Å². The number of rotatable bonds is 5. The average Bonchev–Trinajstić information content (AvgIpc) is 2.44. The molecule has 0 spiro atoms. The quantitative estimate of drug-likeness (QED) is 0.835. The van der Waals surface area contributed by atoms with Crippen molar-refractivity contribution in [1.82, 2.24) is 9.88 Å². The molecule has 0 radical (unpaired) electrons. The molecule has 0 saturated heterocycles. The zero-order valence-electron chi connectivity index (χ0n) is 12.4. The number of pyridine rings is 1. The Hall–Kier alpha value is -1.86. The summed E-state index contributed by atoms with van der Waals surface area (Å²) in [5, 5.41) is 8.75. The number of nitrogens with zero attached hydrogens (tertiary/aromatic N) is 2. The minimum atomic E-state index is -0.0168. The molecule has 108 valence electrons. The molecular weight excluding hydrogens is 252 g/mol. The van der Waals surface area contributed by atoms with E-state index in [4.69, 9.17) is 5.11 Å². The fraction of sp³-hybridized carbons (Fsp3) is 0.500.